The summed E-state index contributed by atoms with van der Waals surface area (Å²) in [5, 5.41) is -0.0484. The standard InChI is InChI=1S/C22H18ClFN2O2S/c1-29(27,28)20-12-10-19(11-13-20)26-14-21(15-4-8-18(24)9-5-15)25-22(26)16-2-6-17(23)7-3-16/h2-6,8-14,17H,7H2,1H3. The van der Waals surface area contributed by atoms with Gasteiger partial charge in [0, 0.05) is 29.3 Å². The van der Waals surface area contributed by atoms with Crippen LogP contribution >= 0.6 is 11.6 Å². The molecule has 3 aromatic rings. The molecule has 0 saturated heterocycles. The second-order valence-corrected chi connectivity index (χ2v) is 9.44. The van der Waals surface area contributed by atoms with Gasteiger partial charge in [0.15, 0.2) is 9.84 Å². The molecule has 148 valence electrons. The van der Waals surface area contributed by atoms with Crippen molar-refractivity contribution in [1.82, 2.24) is 9.55 Å². The minimum absolute atomic E-state index is 0.0484. The third-order valence-corrected chi connectivity index (χ3v) is 6.15. The predicted octanol–water partition coefficient (Wildman–Crippen LogP) is 5.03. The molecule has 0 N–H and O–H groups in total. The molecule has 1 aromatic heterocycles. The molecule has 0 spiro atoms. The van der Waals surface area contributed by atoms with Gasteiger partial charge in [0.2, 0.25) is 0 Å². The lowest BCUT2D eigenvalue weighted by Crippen LogP contribution is -2.04. The Hall–Kier alpha value is -2.70. The van der Waals surface area contributed by atoms with E-state index in [0.29, 0.717) is 17.9 Å². The SMILES string of the molecule is CS(=O)(=O)c1ccc(-n2cc(-c3ccc(F)cc3)nc2C2=CCC(Cl)C=C2)cc1. The molecule has 0 aliphatic heterocycles. The van der Waals surface area contributed by atoms with Gasteiger partial charge in [-0.25, -0.2) is 17.8 Å². The van der Waals surface area contributed by atoms with Gasteiger partial charge in [-0.05, 0) is 55.0 Å². The van der Waals surface area contributed by atoms with Gasteiger partial charge in [0.25, 0.3) is 0 Å². The van der Waals surface area contributed by atoms with E-state index in [2.05, 4.69) is 0 Å². The molecule has 1 atom stereocenters. The number of sulfone groups is 1. The lowest BCUT2D eigenvalue weighted by Gasteiger charge is -2.13. The Labute approximate surface area is 173 Å². The summed E-state index contributed by atoms with van der Waals surface area (Å²) in [5.41, 5.74) is 3.17. The minimum Gasteiger partial charge on any atom is -0.299 e. The molecule has 0 bridgehead atoms. The number of allylic oxidation sites excluding steroid dienone is 4. The van der Waals surface area contributed by atoms with Crippen molar-refractivity contribution in [3.8, 4) is 16.9 Å². The average molecular weight is 429 g/mol. The number of hydrogen-bond donors (Lipinski definition) is 0. The molecular formula is C22H18ClFN2O2S. The van der Waals surface area contributed by atoms with Crippen LogP contribution in [0.4, 0.5) is 4.39 Å². The molecule has 29 heavy (non-hydrogen) atoms. The van der Waals surface area contributed by atoms with E-state index in [-0.39, 0.29) is 16.1 Å². The van der Waals surface area contributed by atoms with Crippen molar-refractivity contribution in [2.24, 2.45) is 0 Å². The van der Waals surface area contributed by atoms with Crippen LogP contribution in [0.3, 0.4) is 0 Å². The maximum atomic E-state index is 13.3. The Balaban J connectivity index is 1.83. The fraction of sp³-hybridized carbons (Fsp3) is 0.136. The zero-order valence-electron chi connectivity index (χ0n) is 15.6. The van der Waals surface area contributed by atoms with E-state index in [1.807, 2.05) is 29.0 Å². The van der Waals surface area contributed by atoms with Crippen LogP contribution in [0.25, 0.3) is 22.5 Å². The van der Waals surface area contributed by atoms with Crippen molar-refractivity contribution < 1.29 is 12.8 Å². The third-order valence-electron chi connectivity index (χ3n) is 4.69. The summed E-state index contributed by atoms with van der Waals surface area (Å²) >= 11 is 6.15. The lowest BCUT2D eigenvalue weighted by atomic mass is 10.1. The number of benzene rings is 2. The van der Waals surface area contributed by atoms with Crippen LogP contribution in [0.2, 0.25) is 0 Å². The van der Waals surface area contributed by atoms with Crippen LogP contribution in [-0.2, 0) is 9.84 Å². The van der Waals surface area contributed by atoms with Crippen molar-refractivity contribution in [2.75, 3.05) is 6.26 Å². The van der Waals surface area contributed by atoms with E-state index in [4.69, 9.17) is 16.6 Å². The number of halogens is 2. The molecule has 4 rings (SSSR count). The molecule has 0 saturated carbocycles. The summed E-state index contributed by atoms with van der Waals surface area (Å²) in [5.74, 6) is 0.395. The number of hydrogen-bond acceptors (Lipinski definition) is 3. The van der Waals surface area contributed by atoms with Gasteiger partial charge >= 0.3 is 0 Å². The molecule has 4 nitrogen and oxygen atoms in total. The van der Waals surface area contributed by atoms with Gasteiger partial charge in [-0.3, -0.25) is 4.57 Å². The Morgan fingerprint density at radius 3 is 2.38 bits per heavy atom. The predicted molar refractivity (Wildman–Crippen MR) is 113 cm³/mol. The van der Waals surface area contributed by atoms with Crippen LogP contribution in [0.15, 0.2) is 77.9 Å². The molecule has 1 unspecified atom stereocenters. The second-order valence-electron chi connectivity index (χ2n) is 6.86. The normalized spacial score (nSPS) is 16.7. The second kappa shape index (κ2) is 7.61. The zero-order valence-corrected chi connectivity index (χ0v) is 17.2. The Kier molecular flexibility index (Phi) is 5.15. The molecule has 1 heterocycles. The minimum atomic E-state index is -3.28. The fourth-order valence-electron chi connectivity index (χ4n) is 3.15. The van der Waals surface area contributed by atoms with E-state index >= 15 is 0 Å². The highest BCUT2D eigenvalue weighted by molar-refractivity contribution is 7.90. The molecule has 1 aliphatic rings. The highest BCUT2D eigenvalue weighted by atomic mass is 35.5. The summed E-state index contributed by atoms with van der Waals surface area (Å²) in [7, 11) is -3.28. The number of nitrogens with zero attached hydrogens (tertiary/aromatic N) is 2. The van der Waals surface area contributed by atoms with Crippen LogP contribution < -0.4 is 0 Å². The third kappa shape index (κ3) is 4.18. The first-order valence-corrected chi connectivity index (χ1v) is 11.3. The van der Waals surface area contributed by atoms with Crippen molar-refractivity contribution in [1.29, 1.82) is 0 Å². The van der Waals surface area contributed by atoms with Crippen LogP contribution in [-0.4, -0.2) is 29.6 Å². The van der Waals surface area contributed by atoms with E-state index in [1.165, 1.54) is 18.4 Å². The lowest BCUT2D eigenvalue weighted by molar-refractivity contribution is 0.602. The number of imidazole rings is 1. The number of rotatable bonds is 4. The average Bonchev–Trinajstić information content (AvgIpc) is 3.14. The zero-order chi connectivity index (χ0) is 20.6. The van der Waals surface area contributed by atoms with Gasteiger partial charge in [-0.1, -0.05) is 18.2 Å². The van der Waals surface area contributed by atoms with Crippen LogP contribution in [0.1, 0.15) is 12.2 Å². The maximum Gasteiger partial charge on any atom is 0.175 e. The highest BCUT2D eigenvalue weighted by Gasteiger charge is 2.17. The Morgan fingerprint density at radius 2 is 1.79 bits per heavy atom. The van der Waals surface area contributed by atoms with Crippen molar-refractivity contribution >= 4 is 27.0 Å². The van der Waals surface area contributed by atoms with Crippen molar-refractivity contribution in [3.63, 3.8) is 0 Å². The summed E-state index contributed by atoms with van der Waals surface area (Å²) in [4.78, 5) is 5.02. The summed E-state index contributed by atoms with van der Waals surface area (Å²) in [6.07, 6.45) is 9.60. The number of alkyl halides is 1. The smallest absolute Gasteiger partial charge is 0.175 e. The summed E-state index contributed by atoms with van der Waals surface area (Å²) in [6.45, 7) is 0. The molecule has 7 heteroatoms. The maximum absolute atomic E-state index is 13.3. The summed E-state index contributed by atoms with van der Waals surface area (Å²) in [6, 6.07) is 12.8. The molecular weight excluding hydrogens is 411 g/mol. The van der Waals surface area contributed by atoms with Gasteiger partial charge < -0.3 is 0 Å². The van der Waals surface area contributed by atoms with Gasteiger partial charge in [-0.2, -0.15) is 0 Å². The Bertz CT molecular complexity index is 1210. The van der Waals surface area contributed by atoms with Crippen LogP contribution in [0.5, 0.6) is 0 Å². The first-order valence-electron chi connectivity index (χ1n) is 9.00. The quantitative estimate of drug-likeness (QED) is 0.547. The highest BCUT2D eigenvalue weighted by Crippen LogP contribution is 2.29. The van der Waals surface area contributed by atoms with E-state index in [1.54, 1.807) is 36.4 Å². The monoisotopic (exact) mass is 428 g/mol. The molecule has 0 fully saturated rings. The van der Waals surface area contributed by atoms with Crippen molar-refractivity contribution in [3.05, 3.63) is 84.6 Å². The van der Waals surface area contributed by atoms with Gasteiger partial charge in [0.05, 0.1) is 16.0 Å². The van der Waals surface area contributed by atoms with E-state index < -0.39 is 9.84 Å². The summed E-state index contributed by atoms with van der Waals surface area (Å²) < 4.78 is 38.7. The molecule has 0 amide bonds. The largest absolute Gasteiger partial charge is 0.299 e. The number of aromatic nitrogens is 2. The van der Waals surface area contributed by atoms with E-state index in [0.717, 1.165) is 16.8 Å². The fourth-order valence-corrected chi connectivity index (χ4v) is 3.95. The van der Waals surface area contributed by atoms with Gasteiger partial charge in [0.1, 0.15) is 11.6 Å². The first-order chi connectivity index (χ1) is 13.8. The molecule has 0 radical (unpaired) electrons. The molecule has 1 aliphatic carbocycles. The molecule has 2 aromatic carbocycles. The van der Waals surface area contributed by atoms with Crippen LogP contribution in [0, 0.1) is 5.82 Å². The van der Waals surface area contributed by atoms with Crippen molar-refractivity contribution in [2.45, 2.75) is 16.7 Å². The topological polar surface area (TPSA) is 52.0 Å². The first kappa shape index (κ1) is 19.6. The Morgan fingerprint density at radius 1 is 1.10 bits per heavy atom. The van der Waals surface area contributed by atoms with Gasteiger partial charge in [-0.15, -0.1) is 11.6 Å². The van der Waals surface area contributed by atoms with E-state index in [9.17, 15) is 12.8 Å².